The van der Waals surface area contributed by atoms with E-state index in [0.717, 1.165) is 23.6 Å². The molecule has 0 radical (unpaired) electrons. The van der Waals surface area contributed by atoms with Crippen LogP contribution in [0.3, 0.4) is 0 Å². The van der Waals surface area contributed by atoms with Crippen LogP contribution in [0, 0.1) is 0 Å². The van der Waals surface area contributed by atoms with Crippen LogP contribution in [0.4, 0.5) is 0 Å². The maximum atomic E-state index is 12.6. The third kappa shape index (κ3) is 4.37. The first kappa shape index (κ1) is 18.6. The van der Waals surface area contributed by atoms with Gasteiger partial charge < -0.3 is 14.4 Å². The maximum absolute atomic E-state index is 12.6. The van der Waals surface area contributed by atoms with Crippen molar-refractivity contribution >= 4 is 28.3 Å². The van der Waals surface area contributed by atoms with Crippen molar-refractivity contribution in [3.63, 3.8) is 0 Å². The van der Waals surface area contributed by atoms with Gasteiger partial charge in [0, 0.05) is 25.0 Å². The number of nitrogens with zero attached hydrogens (tertiary/aromatic N) is 2. The van der Waals surface area contributed by atoms with Crippen LogP contribution < -0.4 is 9.47 Å². The van der Waals surface area contributed by atoms with E-state index in [9.17, 15) is 4.79 Å². The molecule has 1 amide bonds. The van der Waals surface area contributed by atoms with Crippen molar-refractivity contribution in [1.82, 2.24) is 9.88 Å². The third-order valence-electron chi connectivity index (χ3n) is 4.84. The van der Waals surface area contributed by atoms with E-state index in [1.807, 2.05) is 42.5 Å². The summed E-state index contributed by atoms with van der Waals surface area (Å²) in [6.07, 6.45) is 4.88. The minimum absolute atomic E-state index is 0.0150. The average molecular weight is 397 g/mol. The quantitative estimate of drug-likeness (QED) is 0.643. The van der Waals surface area contributed by atoms with Gasteiger partial charge in [-0.25, -0.2) is 0 Å². The smallest absolute Gasteiger partial charge is 0.260 e. The molecule has 1 unspecified atom stereocenters. The Bertz CT molecular complexity index is 979. The fourth-order valence-corrected chi connectivity index (χ4v) is 3.56. The van der Waals surface area contributed by atoms with Crippen molar-refractivity contribution in [2.24, 2.45) is 0 Å². The van der Waals surface area contributed by atoms with Crippen LogP contribution in [0.5, 0.6) is 11.5 Å². The first-order valence-corrected chi connectivity index (χ1v) is 9.72. The molecule has 144 valence electrons. The Kier molecular flexibility index (Phi) is 5.63. The number of piperidine rings is 1. The zero-order valence-electron chi connectivity index (χ0n) is 15.4. The van der Waals surface area contributed by atoms with Gasteiger partial charge in [-0.1, -0.05) is 41.9 Å². The van der Waals surface area contributed by atoms with E-state index in [2.05, 4.69) is 4.98 Å². The lowest BCUT2D eigenvalue weighted by atomic mass is 10.1. The van der Waals surface area contributed by atoms with E-state index >= 15 is 0 Å². The minimum atomic E-state index is -0.0849. The van der Waals surface area contributed by atoms with Gasteiger partial charge in [0.05, 0.1) is 6.54 Å². The molecule has 3 aromatic rings. The Hall–Kier alpha value is -2.79. The molecule has 0 aliphatic carbocycles. The molecule has 0 N–H and O–H groups in total. The number of fused-ring (bicyclic) bond motifs is 1. The van der Waals surface area contributed by atoms with E-state index in [-0.39, 0.29) is 18.6 Å². The molecule has 1 saturated heterocycles. The number of pyridine rings is 1. The number of hydrogen-bond acceptors (Lipinski definition) is 4. The highest BCUT2D eigenvalue weighted by Crippen LogP contribution is 2.26. The largest absolute Gasteiger partial charge is 0.487 e. The van der Waals surface area contributed by atoms with Gasteiger partial charge in [-0.2, -0.15) is 0 Å². The molecule has 5 nitrogen and oxygen atoms in total. The zero-order chi connectivity index (χ0) is 19.3. The lowest BCUT2D eigenvalue weighted by Crippen LogP contribution is -2.46. The molecular weight excluding hydrogens is 376 g/mol. The highest BCUT2D eigenvalue weighted by atomic mass is 35.5. The molecule has 1 aromatic heterocycles. The number of carbonyl (C=O) groups is 1. The van der Waals surface area contributed by atoms with Crippen molar-refractivity contribution in [1.29, 1.82) is 0 Å². The van der Waals surface area contributed by atoms with Gasteiger partial charge in [0.25, 0.3) is 5.91 Å². The molecule has 0 bridgehead atoms. The summed E-state index contributed by atoms with van der Waals surface area (Å²) in [5.41, 5.74) is 0. The molecule has 1 aliphatic heterocycles. The highest BCUT2D eigenvalue weighted by molar-refractivity contribution is 6.31. The van der Waals surface area contributed by atoms with E-state index < -0.39 is 0 Å². The second kappa shape index (κ2) is 8.48. The summed E-state index contributed by atoms with van der Waals surface area (Å²) < 4.78 is 11.7. The van der Waals surface area contributed by atoms with Gasteiger partial charge >= 0.3 is 0 Å². The van der Waals surface area contributed by atoms with Gasteiger partial charge in [-0.15, -0.1) is 0 Å². The second-order valence-corrected chi connectivity index (χ2v) is 7.23. The van der Waals surface area contributed by atoms with Crippen LogP contribution >= 0.6 is 11.6 Å². The fraction of sp³-hybridized carbons (Fsp3) is 0.273. The summed E-state index contributed by atoms with van der Waals surface area (Å²) in [5.74, 6) is 1.26. The summed E-state index contributed by atoms with van der Waals surface area (Å²) in [7, 11) is 0. The molecular formula is C22H21ClN2O3. The lowest BCUT2D eigenvalue weighted by molar-refractivity contribution is -0.136. The standard InChI is InChI=1S/C22H21ClN2O3/c23-20-13-24-10-9-21(20)28-19-6-3-11-25(14-19)22(26)15-27-18-8-7-16-4-1-2-5-17(16)12-18/h1-2,4-5,7-10,12-13,19H,3,6,11,14-15H2. The maximum Gasteiger partial charge on any atom is 0.260 e. The summed E-state index contributed by atoms with van der Waals surface area (Å²) in [5, 5.41) is 2.71. The number of carbonyl (C=O) groups excluding carboxylic acids is 1. The Morgan fingerprint density at radius 1 is 1.18 bits per heavy atom. The molecule has 0 saturated carbocycles. The number of rotatable bonds is 5. The van der Waals surface area contributed by atoms with Crippen molar-refractivity contribution in [2.75, 3.05) is 19.7 Å². The second-order valence-electron chi connectivity index (χ2n) is 6.83. The van der Waals surface area contributed by atoms with Crippen LogP contribution in [0.2, 0.25) is 5.02 Å². The number of likely N-dealkylation sites (tertiary alicyclic amines) is 1. The van der Waals surface area contributed by atoms with Gasteiger partial charge in [-0.3, -0.25) is 9.78 Å². The van der Waals surface area contributed by atoms with Gasteiger partial charge in [-0.05, 0) is 35.7 Å². The summed E-state index contributed by atoms with van der Waals surface area (Å²) in [4.78, 5) is 18.4. The van der Waals surface area contributed by atoms with Crippen molar-refractivity contribution in [3.8, 4) is 11.5 Å². The number of ether oxygens (including phenoxy) is 2. The van der Waals surface area contributed by atoms with Crippen LogP contribution in [-0.2, 0) is 4.79 Å². The Balaban J connectivity index is 1.34. The molecule has 1 atom stereocenters. The topological polar surface area (TPSA) is 51.7 Å². The monoisotopic (exact) mass is 396 g/mol. The van der Waals surface area contributed by atoms with Gasteiger partial charge in [0.15, 0.2) is 6.61 Å². The number of hydrogen-bond donors (Lipinski definition) is 0. The molecule has 28 heavy (non-hydrogen) atoms. The van der Waals surface area contributed by atoms with Crippen LogP contribution in [0.1, 0.15) is 12.8 Å². The van der Waals surface area contributed by atoms with E-state index in [1.54, 1.807) is 23.4 Å². The summed E-state index contributed by atoms with van der Waals surface area (Å²) in [6.45, 7) is 1.25. The van der Waals surface area contributed by atoms with Crippen molar-refractivity contribution < 1.29 is 14.3 Å². The SMILES string of the molecule is O=C(COc1ccc2ccccc2c1)N1CCCC(Oc2ccncc2Cl)C1. The molecule has 1 aliphatic rings. The first-order valence-electron chi connectivity index (χ1n) is 9.34. The molecule has 4 rings (SSSR count). The predicted molar refractivity (Wildman–Crippen MR) is 109 cm³/mol. The summed E-state index contributed by atoms with van der Waals surface area (Å²) in [6, 6.07) is 15.7. The van der Waals surface area contributed by atoms with Crippen LogP contribution in [0.25, 0.3) is 10.8 Å². The average Bonchev–Trinajstić information content (AvgIpc) is 2.74. The van der Waals surface area contributed by atoms with E-state index in [4.69, 9.17) is 21.1 Å². The summed E-state index contributed by atoms with van der Waals surface area (Å²) >= 11 is 6.11. The van der Waals surface area contributed by atoms with E-state index in [1.165, 1.54) is 0 Å². The van der Waals surface area contributed by atoms with Crippen molar-refractivity contribution in [3.05, 3.63) is 65.9 Å². The van der Waals surface area contributed by atoms with Gasteiger partial charge in [0.1, 0.15) is 22.6 Å². The predicted octanol–water partition coefficient (Wildman–Crippen LogP) is 4.34. The molecule has 1 fully saturated rings. The van der Waals surface area contributed by atoms with E-state index in [0.29, 0.717) is 29.6 Å². The highest BCUT2D eigenvalue weighted by Gasteiger charge is 2.25. The molecule has 2 aromatic carbocycles. The zero-order valence-corrected chi connectivity index (χ0v) is 16.1. The number of amides is 1. The Morgan fingerprint density at radius 3 is 2.89 bits per heavy atom. The van der Waals surface area contributed by atoms with Crippen LogP contribution in [0.15, 0.2) is 60.9 Å². The normalized spacial score (nSPS) is 16.8. The van der Waals surface area contributed by atoms with Gasteiger partial charge in [0.2, 0.25) is 0 Å². The number of benzene rings is 2. The number of halogens is 1. The Labute approximate surface area is 168 Å². The molecule has 6 heteroatoms. The Morgan fingerprint density at radius 2 is 2.04 bits per heavy atom. The lowest BCUT2D eigenvalue weighted by Gasteiger charge is -2.33. The molecule has 0 spiro atoms. The third-order valence-corrected chi connectivity index (χ3v) is 5.13. The molecule has 2 heterocycles. The van der Waals surface area contributed by atoms with Crippen molar-refractivity contribution in [2.45, 2.75) is 18.9 Å². The minimum Gasteiger partial charge on any atom is -0.487 e. The number of aromatic nitrogens is 1. The first-order chi connectivity index (χ1) is 13.7. The van der Waals surface area contributed by atoms with Crippen LogP contribution in [-0.4, -0.2) is 41.6 Å². The fourth-order valence-electron chi connectivity index (χ4n) is 3.39.